The van der Waals surface area contributed by atoms with E-state index in [0.29, 0.717) is 18.8 Å². The van der Waals surface area contributed by atoms with Crippen LogP contribution in [-0.4, -0.2) is 56.0 Å². The van der Waals surface area contributed by atoms with Crippen molar-refractivity contribution in [1.29, 1.82) is 0 Å². The molecular formula is C22H22N4O4S. The van der Waals surface area contributed by atoms with Crippen molar-refractivity contribution in [3.8, 4) is 0 Å². The van der Waals surface area contributed by atoms with Crippen LogP contribution in [-0.2, 0) is 19.4 Å². The zero-order chi connectivity index (χ0) is 21.6. The number of imidazole rings is 1. The van der Waals surface area contributed by atoms with Crippen molar-refractivity contribution in [1.82, 2.24) is 9.97 Å². The number of sulfone groups is 1. The number of anilines is 2. The lowest BCUT2D eigenvalue weighted by atomic mass is 10.0. The molecule has 1 saturated heterocycles. The van der Waals surface area contributed by atoms with Crippen LogP contribution in [0, 0.1) is 0 Å². The maximum atomic E-state index is 12.9. The molecule has 0 bridgehead atoms. The first kappa shape index (κ1) is 19.6. The number of carbonyl (C=O) groups excluding carboxylic acids is 1. The fourth-order valence-corrected chi connectivity index (χ4v) is 5.40. The second-order valence-electron chi connectivity index (χ2n) is 7.70. The Kier molecular flexibility index (Phi) is 4.70. The summed E-state index contributed by atoms with van der Waals surface area (Å²) < 4.78 is 28.9. The highest BCUT2D eigenvalue weighted by Crippen LogP contribution is 2.39. The highest BCUT2D eigenvalue weighted by atomic mass is 32.2. The summed E-state index contributed by atoms with van der Waals surface area (Å²) in [4.78, 5) is 24.0. The Morgan fingerprint density at radius 1 is 1.06 bits per heavy atom. The van der Waals surface area contributed by atoms with Crippen molar-refractivity contribution in [3.05, 3.63) is 66.2 Å². The topological polar surface area (TPSA) is 95.6 Å². The summed E-state index contributed by atoms with van der Waals surface area (Å²) in [7, 11) is -1.36. The molecule has 2 aliphatic rings. The molecule has 5 rings (SSSR count). The van der Waals surface area contributed by atoms with Gasteiger partial charge in [-0.2, -0.15) is 0 Å². The molecule has 1 amide bonds. The van der Waals surface area contributed by atoms with Crippen molar-refractivity contribution >= 4 is 38.2 Å². The van der Waals surface area contributed by atoms with Crippen molar-refractivity contribution in [2.75, 3.05) is 41.5 Å². The van der Waals surface area contributed by atoms with E-state index < -0.39 is 9.84 Å². The molecule has 8 nitrogen and oxygen atoms in total. The van der Waals surface area contributed by atoms with Gasteiger partial charge < -0.3 is 14.6 Å². The number of H-pyrrole nitrogens is 1. The third-order valence-corrected chi connectivity index (χ3v) is 7.48. The number of aromatic nitrogens is 2. The van der Waals surface area contributed by atoms with Gasteiger partial charge in [-0.3, -0.25) is 9.69 Å². The van der Waals surface area contributed by atoms with Gasteiger partial charge in [-0.1, -0.05) is 12.1 Å². The number of hydrogen-bond donors (Lipinski definition) is 1. The standard InChI is InChI=1S/C22H22N4O4S/c1-30-20-13-21(27)26(17-6-7-18-19(12-17)24-14-23-18)22(20)15-2-4-16(5-3-15)25-8-10-31(28,29)11-9-25/h2-7,12-14,22H,8-11H2,1H3,(H,23,24). The average molecular weight is 439 g/mol. The molecule has 9 heteroatoms. The summed E-state index contributed by atoms with van der Waals surface area (Å²) in [6.07, 6.45) is 3.15. The summed E-state index contributed by atoms with van der Waals surface area (Å²) in [6.45, 7) is 0.978. The summed E-state index contributed by atoms with van der Waals surface area (Å²) in [6, 6.07) is 13.2. The maximum absolute atomic E-state index is 12.9. The molecule has 0 radical (unpaired) electrons. The van der Waals surface area contributed by atoms with Crippen molar-refractivity contribution < 1.29 is 17.9 Å². The Morgan fingerprint density at radius 3 is 2.48 bits per heavy atom. The van der Waals surface area contributed by atoms with Crippen LogP contribution in [0.2, 0.25) is 0 Å². The molecule has 1 unspecified atom stereocenters. The highest BCUT2D eigenvalue weighted by molar-refractivity contribution is 7.91. The molecule has 1 aromatic heterocycles. The molecule has 2 aromatic carbocycles. The Morgan fingerprint density at radius 2 is 1.77 bits per heavy atom. The zero-order valence-corrected chi connectivity index (χ0v) is 17.8. The van der Waals surface area contributed by atoms with Crippen LogP contribution < -0.4 is 9.80 Å². The Bertz CT molecular complexity index is 1270. The van der Waals surface area contributed by atoms with Gasteiger partial charge in [0.15, 0.2) is 9.84 Å². The third-order valence-electron chi connectivity index (χ3n) is 5.87. The van der Waals surface area contributed by atoms with Crippen molar-refractivity contribution in [2.45, 2.75) is 6.04 Å². The zero-order valence-electron chi connectivity index (χ0n) is 17.0. The largest absolute Gasteiger partial charge is 0.498 e. The number of amides is 1. The van der Waals surface area contributed by atoms with Crippen LogP contribution in [0.5, 0.6) is 0 Å². The second-order valence-corrected chi connectivity index (χ2v) is 10.00. The minimum Gasteiger partial charge on any atom is -0.498 e. The number of carbonyl (C=O) groups is 1. The predicted octanol–water partition coefficient (Wildman–Crippen LogP) is 2.42. The Balaban J connectivity index is 1.46. The molecule has 3 aromatic rings. The monoisotopic (exact) mass is 438 g/mol. The van der Waals surface area contributed by atoms with Gasteiger partial charge in [0.2, 0.25) is 0 Å². The molecule has 31 heavy (non-hydrogen) atoms. The lowest BCUT2D eigenvalue weighted by molar-refractivity contribution is -0.113. The summed E-state index contributed by atoms with van der Waals surface area (Å²) in [5, 5.41) is 0. The maximum Gasteiger partial charge on any atom is 0.255 e. The van der Waals surface area contributed by atoms with Crippen LogP contribution in [0.15, 0.2) is 60.6 Å². The van der Waals surface area contributed by atoms with E-state index in [2.05, 4.69) is 14.9 Å². The molecule has 1 atom stereocenters. The predicted molar refractivity (Wildman–Crippen MR) is 119 cm³/mol. The minimum absolute atomic E-state index is 0.147. The van der Waals surface area contributed by atoms with Crippen LogP contribution in [0.25, 0.3) is 11.0 Å². The van der Waals surface area contributed by atoms with E-state index in [4.69, 9.17) is 4.74 Å². The quantitative estimate of drug-likeness (QED) is 0.672. The van der Waals surface area contributed by atoms with Gasteiger partial charge in [0.05, 0.1) is 36.0 Å². The van der Waals surface area contributed by atoms with Gasteiger partial charge in [-0.15, -0.1) is 0 Å². The van der Waals surface area contributed by atoms with Crippen LogP contribution in [0.1, 0.15) is 11.6 Å². The normalized spacial score (nSPS) is 20.9. The van der Waals surface area contributed by atoms with Crippen molar-refractivity contribution in [2.24, 2.45) is 0 Å². The van der Waals surface area contributed by atoms with Gasteiger partial charge >= 0.3 is 0 Å². The Hall–Kier alpha value is -3.33. The molecule has 3 heterocycles. The van der Waals surface area contributed by atoms with Gasteiger partial charge in [-0.25, -0.2) is 13.4 Å². The molecule has 1 N–H and O–H groups in total. The number of rotatable bonds is 4. The second kappa shape index (κ2) is 7.42. The number of fused-ring (bicyclic) bond motifs is 1. The van der Waals surface area contributed by atoms with Crippen LogP contribution in [0.4, 0.5) is 11.4 Å². The molecule has 0 aliphatic carbocycles. The number of aromatic amines is 1. The molecule has 160 valence electrons. The first-order chi connectivity index (χ1) is 14.9. The first-order valence-corrected chi connectivity index (χ1v) is 11.8. The number of methoxy groups -OCH3 is 1. The molecule has 1 fully saturated rings. The SMILES string of the molecule is COC1=CC(=O)N(c2ccc3nc[nH]c3c2)C1c1ccc(N2CCS(=O)(=O)CC2)cc1. The van der Waals surface area contributed by atoms with E-state index in [1.165, 1.54) is 6.08 Å². The first-order valence-electron chi connectivity index (χ1n) is 10.0. The average Bonchev–Trinajstić information content (AvgIpc) is 3.37. The minimum atomic E-state index is -2.93. The van der Waals surface area contributed by atoms with Gasteiger partial charge in [0, 0.05) is 30.5 Å². The van der Waals surface area contributed by atoms with Gasteiger partial charge in [0.1, 0.15) is 11.8 Å². The lowest BCUT2D eigenvalue weighted by Crippen LogP contribution is -2.40. The number of benzene rings is 2. The Labute approximate surface area is 180 Å². The van der Waals surface area contributed by atoms with E-state index in [-0.39, 0.29) is 23.5 Å². The number of ether oxygens (including phenoxy) is 1. The van der Waals surface area contributed by atoms with E-state index >= 15 is 0 Å². The smallest absolute Gasteiger partial charge is 0.255 e. The van der Waals surface area contributed by atoms with E-state index in [9.17, 15) is 13.2 Å². The highest BCUT2D eigenvalue weighted by Gasteiger charge is 2.36. The summed E-state index contributed by atoms with van der Waals surface area (Å²) >= 11 is 0. The van der Waals surface area contributed by atoms with E-state index in [1.807, 2.05) is 42.5 Å². The molecule has 0 saturated carbocycles. The summed E-state index contributed by atoms with van der Waals surface area (Å²) in [5.74, 6) is 0.774. The van der Waals surface area contributed by atoms with Crippen LogP contribution in [0.3, 0.4) is 0 Å². The fraction of sp³-hybridized carbons (Fsp3) is 0.273. The van der Waals surface area contributed by atoms with Gasteiger partial charge in [-0.05, 0) is 35.9 Å². The van der Waals surface area contributed by atoms with Gasteiger partial charge in [0.25, 0.3) is 5.91 Å². The summed E-state index contributed by atoms with van der Waals surface area (Å²) in [5.41, 5.74) is 4.32. The van der Waals surface area contributed by atoms with E-state index in [0.717, 1.165) is 28.0 Å². The fourth-order valence-electron chi connectivity index (χ4n) is 4.20. The number of nitrogens with one attached hydrogen (secondary N) is 1. The third kappa shape index (κ3) is 3.54. The molecule has 0 spiro atoms. The van der Waals surface area contributed by atoms with Crippen LogP contribution >= 0.6 is 0 Å². The van der Waals surface area contributed by atoms with Crippen molar-refractivity contribution in [3.63, 3.8) is 0 Å². The van der Waals surface area contributed by atoms with E-state index in [1.54, 1.807) is 18.3 Å². The molecule has 2 aliphatic heterocycles. The number of hydrogen-bond acceptors (Lipinski definition) is 6. The number of nitrogens with zero attached hydrogens (tertiary/aromatic N) is 3. The lowest BCUT2D eigenvalue weighted by Gasteiger charge is -2.30. The molecular weight excluding hydrogens is 416 g/mol.